The average Bonchev–Trinajstić information content (AvgIpc) is 3.11. The van der Waals surface area contributed by atoms with Gasteiger partial charge in [-0.1, -0.05) is 6.07 Å². The van der Waals surface area contributed by atoms with Crippen molar-refractivity contribution in [3.05, 3.63) is 53.5 Å². The molecular formula is C19H22N2O3. The minimum atomic E-state index is -0.320. The van der Waals surface area contributed by atoms with E-state index in [1.54, 1.807) is 18.2 Å². The van der Waals surface area contributed by atoms with Crippen molar-refractivity contribution in [3.8, 4) is 0 Å². The molecule has 1 saturated heterocycles. The second-order valence-corrected chi connectivity index (χ2v) is 6.30. The fourth-order valence-electron chi connectivity index (χ4n) is 3.05. The second-order valence-electron chi connectivity index (χ2n) is 6.30. The van der Waals surface area contributed by atoms with Crippen LogP contribution in [-0.4, -0.2) is 29.3 Å². The second kappa shape index (κ2) is 6.91. The summed E-state index contributed by atoms with van der Waals surface area (Å²) in [6.45, 7) is 4.78. The van der Waals surface area contributed by atoms with E-state index in [0.29, 0.717) is 11.3 Å². The third-order valence-electron chi connectivity index (χ3n) is 4.54. The van der Waals surface area contributed by atoms with Crippen molar-refractivity contribution in [2.24, 2.45) is 0 Å². The molecule has 2 amide bonds. The molecule has 1 aliphatic heterocycles. The molecule has 126 valence electrons. The minimum absolute atomic E-state index is 0.0238. The van der Waals surface area contributed by atoms with Crippen molar-refractivity contribution in [1.82, 2.24) is 4.90 Å². The van der Waals surface area contributed by atoms with Gasteiger partial charge in [-0.15, -0.1) is 0 Å². The van der Waals surface area contributed by atoms with E-state index in [1.165, 1.54) is 12.7 Å². The number of carbonyl (C=O) groups is 2. The first kappa shape index (κ1) is 16.3. The number of aryl methyl sites for hydroxylation is 1. The lowest BCUT2D eigenvalue weighted by Gasteiger charge is -2.33. The van der Waals surface area contributed by atoms with Gasteiger partial charge < -0.3 is 14.6 Å². The Morgan fingerprint density at radius 3 is 2.79 bits per heavy atom. The molecule has 5 nitrogen and oxygen atoms in total. The number of hydrogen-bond donors (Lipinski definition) is 1. The first-order chi connectivity index (χ1) is 11.6. The predicted molar refractivity (Wildman–Crippen MR) is 92.2 cm³/mol. The van der Waals surface area contributed by atoms with Crippen LogP contribution in [0.2, 0.25) is 0 Å². The SMILES string of the molecule is Cc1ccc(C(=O)N2CCCCC2C)cc1NC(=O)c1ccco1. The number of rotatable bonds is 3. The first-order valence-corrected chi connectivity index (χ1v) is 8.33. The number of likely N-dealkylation sites (tertiary alicyclic amines) is 1. The average molecular weight is 326 g/mol. The Balaban J connectivity index is 1.80. The zero-order valence-corrected chi connectivity index (χ0v) is 14.0. The Kier molecular flexibility index (Phi) is 4.69. The van der Waals surface area contributed by atoms with Crippen LogP contribution in [0.25, 0.3) is 0 Å². The summed E-state index contributed by atoms with van der Waals surface area (Å²) in [5, 5.41) is 2.82. The first-order valence-electron chi connectivity index (χ1n) is 8.33. The Morgan fingerprint density at radius 1 is 1.25 bits per heavy atom. The van der Waals surface area contributed by atoms with Crippen molar-refractivity contribution in [1.29, 1.82) is 0 Å². The Morgan fingerprint density at radius 2 is 2.08 bits per heavy atom. The molecule has 1 atom stereocenters. The molecule has 1 aromatic heterocycles. The molecule has 5 heteroatoms. The van der Waals surface area contributed by atoms with Gasteiger partial charge in [0.2, 0.25) is 0 Å². The summed E-state index contributed by atoms with van der Waals surface area (Å²) in [6, 6.07) is 8.96. The van der Waals surface area contributed by atoms with E-state index in [0.717, 1.165) is 24.9 Å². The van der Waals surface area contributed by atoms with Crippen LogP contribution in [-0.2, 0) is 0 Å². The highest BCUT2D eigenvalue weighted by Gasteiger charge is 2.24. The molecule has 24 heavy (non-hydrogen) atoms. The molecule has 2 aromatic rings. The lowest BCUT2D eigenvalue weighted by atomic mass is 10.0. The Bertz CT molecular complexity index is 737. The van der Waals surface area contributed by atoms with Gasteiger partial charge in [0.1, 0.15) is 0 Å². The zero-order valence-electron chi connectivity index (χ0n) is 14.0. The van der Waals surface area contributed by atoms with E-state index in [4.69, 9.17) is 4.42 Å². The van der Waals surface area contributed by atoms with Crippen LogP contribution in [0.5, 0.6) is 0 Å². The molecule has 1 fully saturated rings. The van der Waals surface area contributed by atoms with Crippen LogP contribution in [0.15, 0.2) is 41.0 Å². The monoisotopic (exact) mass is 326 g/mol. The summed E-state index contributed by atoms with van der Waals surface area (Å²) in [5.41, 5.74) is 2.13. The molecule has 1 aliphatic rings. The summed E-state index contributed by atoms with van der Waals surface area (Å²) < 4.78 is 5.11. The highest BCUT2D eigenvalue weighted by atomic mass is 16.3. The fraction of sp³-hybridized carbons (Fsp3) is 0.368. The molecule has 1 unspecified atom stereocenters. The van der Waals surface area contributed by atoms with E-state index in [9.17, 15) is 9.59 Å². The van der Waals surface area contributed by atoms with Gasteiger partial charge in [-0.3, -0.25) is 9.59 Å². The summed E-state index contributed by atoms with van der Waals surface area (Å²) in [5.74, 6) is -0.0504. The lowest BCUT2D eigenvalue weighted by molar-refractivity contribution is 0.0635. The van der Waals surface area contributed by atoms with Crippen LogP contribution in [0.1, 0.15) is 52.7 Å². The van der Waals surface area contributed by atoms with Crippen molar-refractivity contribution in [3.63, 3.8) is 0 Å². The zero-order chi connectivity index (χ0) is 17.1. The highest BCUT2D eigenvalue weighted by molar-refractivity contribution is 6.04. The van der Waals surface area contributed by atoms with Crippen LogP contribution in [0.4, 0.5) is 5.69 Å². The maximum Gasteiger partial charge on any atom is 0.291 e. The molecule has 3 rings (SSSR count). The molecule has 2 heterocycles. The number of hydrogen-bond acceptors (Lipinski definition) is 3. The van der Waals surface area contributed by atoms with Crippen LogP contribution in [0.3, 0.4) is 0 Å². The van der Waals surface area contributed by atoms with Gasteiger partial charge in [0, 0.05) is 23.8 Å². The normalized spacial score (nSPS) is 17.6. The highest BCUT2D eigenvalue weighted by Crippen LogP contribution is 2.23. The smallest absolute Gasteiger partial charge is 0.291 e. The van der Waals surface area contributed by atoms with Crippen molar-refractivity contribution in [2.45, 2.75) is 39.2 Å². The summed E-state index contributed by atoms with van der Waals surface area (Å²) in [4.78, 5) is 26.9. The summed E-state index contributed by atoms with van der Waals surface area (Å²) >= 11 is 0. The van der Waals surface area contributed by atoms with Crippen LogP contribution >= 0.6 is 0 Å². The molecule has 0 bridgehead atoms. The van der Waals surface area contributed by atoms with Gasteiger partial charge in [0.05, 0.1) is 6.26 Å². The standard InChI is InChI=1S/C19H22N2O3/c1-13-8-9-15(19(23)21-10-4-3-6-14(21)2)12-16(13)20-18(22)17-7-5-11-24-17/h5,7-9,11-12,14H,3-4,6,10H2,1-2H3,(H,20,22). The van der Waals surface area contributed by atoms with Gasteiger partial charge in [-0.05, 0) is 62.9 Å². The maximum absolute atomic E-state index is 12.8. The fourth-order valence-corrected chi connectivity index (χ4v) is 3.05. The molecule has 1 N–H and O–H groups in total. The quantitative estimate of drug-likeness (QED) is 0.931. The topological polar surface area (TPSA) is 62.6 Å². The van der Waals surface area contributed by atoms with Crippen molar-refractivity contribution < 1.29 is 14.0 Å². The van der Waals surface area contributed by atoms with Gasteiger partial charge in [0.15, 0.2) is 5.76 Å². The molecule has 0 radical (unpaired) electrons. The number of amides is 2. The minimum Gasteiger partial charge on any atom is -0.459 e. The summed E-state index contributed by atoms with van der Waals surface area (Å²) in [7, 11) is 0. The number of furan rings is 1. The van der Waals surface area contributed by atoms with Gasteiger partial charge >= 0.3 is 0 Å². The van der Waals surface area contributed by atoms with Crippen molar-refractivity contribution >= 4 is 17.5 Å². The molecule has 0 aliphatic carbocycles. The molecular weight excluding hydrogens is 304 g/mol. The third-order valence-corrected chi connectivity index (χ3v) is 4.54. The van der Waals surface area contributed by atoms with E-state index < -0.39 is 0 Å². The van der Waals surface area contributed by atoms with Crippen molar-refractivity contribution in [2.75, 3.05) is 11.9 Å². The maximum atomic E-state index is 12.8. The summed E-state index contributed by atoms with van der Waals surface area (Å²) in [6.07, 6.45) is 4.71. The third kappa shape index (κ3) is 3.35. The number of benzene rings is 1. The largest absolute Gasteiger partial charge is 0.459 e. The van der Waals surface area contributed by atoms with Crippen LogP contribution < -0.4 is 5.32 Å². The van der Waals surface area contributed by atoms with Gasteiger partial charge in [-0.2, -0.15) is 0 Å². The molecule has 0 saturated carbocycles. The number of anilines is 1. The number of piperidine rings is 1. The van der Waals surface area contributed by atoms with Gasteiger partial charge in [0.25, 0.3) is 11.8 Å². The lowest BCUT2D eigenvalue weighted by Crippen LogP contribution is -2.42. The molecule has 0 spiro atoms. The number of nitrogens with one attached hydrogen (secondary N) is 1. The van der Waals surface area contributed by atoms with E-state index >= 15 is 0 Å². The Labute approximate surface area is 141 Å². The Hall–Kier alpha value is -2.56. The van der Waals surface area contributed by atoms with E-state index in [1.807, 2.05) is 24.0 Å². The number of carbonyl (C=O) groups excluding carboxylic acids is 2. The van der Waals surface area contributed by atoms with E-state index in [2.05, 4.69) is 12.2 Å². The predicted octanol–water partition coefficient (Wildman–Crippen LogP) is 3.85. The van der Waals surface area contributed by atoms with E-state index in [-0.39, 0.29) is 23.6 Å². The van der Waals surface area contributed by atoms with Gasteiger partial charge in [-0.25, -0.2) is 0 Å². The van der Waals surface area contributed by atoms with Crippen LogP contribution in [0, 0.1) is 6.92 Å². The number of nitrogens with zero attached hydrogens (tertiary/aromatic N) is 1. The molecule has 1 aromatic carbocycles.